The lowest BCUT2D eigenvalue weighted by atomic mass is 9.92. The van der Waals surface area contributed by atoms with Crippen LogP contribution in [-0.4, -0.2) is 173 Å². The molecule has 4 heterocycles. The van der Waals surface area contributed by atoms with Gasteiger partial charge in [0.1, 0.15) is 0 Å². The van der Waals surface area contributed by atoms with Crippen molar-refractivity contribution in [1.82, 2.24) is 29.4 Å². The lowest BCUT2D eigenvalue weighted by Crippen LogP contribution is -2.45. The number of anilines is 2. The van der Waals surface area contributed by atoms with Crippen molar-refractivity contribution in [2.75, 3.05) is 130 Å². The maximum atomic E-state index is 13.7. The van der Waals surface area contributed by atoms with Gasteiger partial charge in [0.25, 0.3) is 23.6 Å². The third-order valence-corrected chi connectivity index (χ3v) is 12.1. The van der Waals surface area contributed by atoms with E-state index in [0.29, 0.717) is 48.4 Å². The normalized spacial score (nSPS) is 18.3. The van der Waals surface area contributed by atoms with Crippen LogP contribution < -0.4 is 9.80 Å². The zero-order chi connectivity index (χ0) is 38.4. The molecule has 4 aliphatic heterocycles. The number of likely N-dealkylation sites (N-methyl/N-ethyl adjacent to an activating group) is 4. The first kappa shape index (κ1) is 37.1. The number of amides is 4. The molecule has 0 aromatic heterocycles. The first-order valence-electron chi connectivity index (χ1n) is 19.7. The van der Waals surface area contributed by atoms with Gasteiger partial charge in [-0.15, -0.1) is 0 Å². The van der Waals surface area contributed by atoms with Crippen molar-refractivity contribution in [3.8, 4) is 0 Å². The van der Waals surface area contributed by atoms with Crippen LogP contribution in [0, 0.1) is 0 Å². The second kappa shape index (κ2) is 15.3. The molecule has 0 bridgehead atoms. The minimum atomic E-state index is -0.233. The number of piperazine rings is 2. The SMILES string of the molecule is CN(CCCN(C)CCN1C(=O)c2cccc3c(N4CCN(C)CC4)ccc(c23)C1=O)CCN1C(=O)c2cccc3c(N4CCN(C)CC4)ccc(c23)C1=O. The van der Waals surface area contributed by atoms with Crippen LogP contribution in [-0.2, 0) is 0 Å². The highest BCUT2D eigenvalue weighted by atomic mass is 16.2. The molecule has 12 heteroatoms. The summed E-state index contributed by atoms with van der Waals surface area (Å²) in [6, 6.07) is 19.5. The van der Waals surface area contributed by atoms with Crippen molar-refractivity contribution in [2.24, 2.45) is 0 Å². The first-order valence-corrected chi connectivity index (χ1v) is 19.7. The molecule has 4 aromatic carbocycles. The molecule has 8 rings (SSSR count). The zero-order valence-electron chi connectivity index (χ0n) is 32.6. The molecule has 0 spiro atoms. The Labute approximate surface area is 323 Å². The number of imide groups is 2. The molecule has 55 heavy (non-hydrogen) atoms. The van der Waals surface area contributed by atoms with E-state index in [0.717, 1.165) is 105 Å². The minimum absolute atomic E-state index is 0.233. The lowest BCUT2D eigenvalue weighted by Gasteiger charge is -2.36. The topological polar surface area (TPSA) is 94.2 Å². The number of hydrogen-bond acceptors (Lipinski definition) is 10. The molecular weight excluding hydrogens is 693 g/mol. The summed E-state index contributed by atoms with van der Waals surface area (Å²) in [5, 5.41) is 3.47. The van der Waals surface area contributed by atoms with Gasteiger partial charge in [0.05, 0.1) is 0 Å². The molecule has 0 N–H and O–H groups in total. The van der Waals surface area contributed by atoms with Gasteiger partial charge >= 0.3 is 0 Å². The summed E-state index contributed by atoms with van der Waals surface area (Å²) in [5.41, 5.74) is 4.53. The summed E-state index contributed by atoms with van der Waals surface area (Å²) < 4.78 is 0. The molecule has 4 aliphatic rings. The van der Waals surface area contributed by atoms with Gasteiger partial charge in [-0.3, -0.25) is 29.0 Å². The van der Waals surface area contributed by atoms with E-state index >= 15 is 0 Å². The van der Waals surface area contributed by atoms with Crippen LogP contribution in [0.5, 0.6) is 0 Å². The largest absolute Gasteiger partial charge is 0.368 e. The summed E-state index contributed by atoms with van der Waals surface area (Å²) in [6.45, 7) is 10.8. The monoisotopic (exact) mass is 744 g/mol. The fraction of sp³-hybridized carbons (Fsp3) is 0.442. The van der Waals surface area contributed by atoms with Crippen molar-refractivity contribution < 1.29 is 19.2 Å². The molecule has 2 fully saturated rings. The first-order chi connectivity index (χ1) is 26.6. The predicted octanol–water partition coefficient (Wildman–Crippen LogP) is 3.64. The average molecular weight is 745 g/mol. The second-order valence-corrected chi connectivity index (χ2v) is 15.8. The van der Waals surface area contributed by atoms with E-state index in [1.165, 1.54) is 9.80 Å². The third kappa shape index (κ3) is 6.97. The van der Waals surface area contributed by atoms with Crippen LogP contribution in [0.3, 0.4) is 0 Å². The molecule has 12 nitrogen and oxygen atoms in total. The van der Waals surface area contributed by atoms with Crippen molar-refractivity contribution >= 4 is 56.5 Å². The highest BCUT2D eigenvalue weighted by Crippen LogP contribution is 2.38. The Bertz CT molecular complexity index is 1960. The van der Waals surface area contributed by atoms with E-state index in [-0.39, 0.29) is 23.6 Å². The molecule has 0 saturated carbocycles. The van der Waals surface area contributed by atoms with Crippen molar-refractivity contribution in [3.63, 3.8) is 0 Å². The Morgan fingerprint density at radius 3 is 1.22 bits per heavy atom. The van der Waals surface area contributed by atoms with Crippen molar-refractivity contribution in [1.29, 1.82) is 0 Å². The molecule has 2 saturated heterocycles. The molecule has 288 valence electrons. The van der Waals surface area contributed by atoms with Gasteiger partial charge in [-0.25, -0.2) is 0 Å². The van der Waals surface area contributed by atoms with Gasteiger partial charge in [0.2, 0.25) is 0 Å². The Morgan fingerprint density at radius 2 is 0.836 bits per heavy atom. The summed E-state index contributed by atoms with van der Waals surface area (Å²) >= 11 is 0. The molecule has 0 unspecified atom stereocenters. The van der Waals surface area contributed by atoms with Crippen LogP contribution in [0.25, 0.3) is 21.5 Å². The average Bonchev–Trinajstić information content (AvgIpc) is 3.19. The number of hydrogen-bond donors (Lipinski definition) is 0. The van der Waals surface area contributed by atoms with E-state index in [4.69, 9.17) is 0 Å². The zero-order valence-corrected chi connectivity index (χ0v) is 32.6. The van der Waals surface area contributed by atoms with E-state index in [1.54, 1.807) is 0 Å². The number of nitrogens with zero attached hydrogens (tertiary/aromatic N) is 8. The fourth-order valence-corrected chi connectivity index (χ4v) is 8.69. The summed E-state index contributed by atoms with van der Waals surface area (Å²) in [5.74, 6) is -0.934. The van der Waals surface area contributed by atoms with Gasteiger partial charge in [-0.2, -0.15) is 0 Å². The molecular formula is C43H52N8O4. The standard InChI is InChI=1S/C43H52N8O4/c1-44(22-28-50-40(52)32-10-5-8-30-36(48-24-18-46(3)19-25-48)14-12-34(38(30)32)42(50)54)16-7-17-45(2)23-29-51-41(53)33-11-6-9-31-37(49-26-20-47(4)21-27-49)15-13-35(39(31)33)43(51)55/h5-6,8-15H,7,16-29H2,1-4H3. The molecule has 4 aromatic rings. The Hall–Kier alpha value is -4.88. The highest BCUT2D eigenvalue weighted by Gasteiger charge is 2.35. The molecule has 0 radical (unpaired) electrons. The highest BCUT2D eigenvalue weighted by molar-refractivity contribution is 6.28. The van der Waals surface area contributed by atoms with E-state index in [9.17, 15) is 19.2 Å². The van der Waals surface area contributed by atoms with Crippen LogP contribution in [0.2, 0.25) is 0 Å². The van der Waals surface area contributed by atoms with Crippen LogP contribution in [0.1, 0.15) is 47.9 Å². The number of carbonyl (C=O) groups is 4. The third-order valence-electron chi connectivity index (χ3n) is 12.1. The van der Waals surface area contributed by atoms with Gasteiger partial charge in [-0.05, 0) is 84.1 Å². The Balaban J connectivity index is 0.835. The Morgan fingerprint density at radius 1 is 0.473 bits per heavy atom. The minimum Gasteiger partial charge on any atom is -0.368 e. The van der Waals surface area contributed by atoms with E-state index < -0.39 is 0 Å². The van der Waals surface area contributed by atoms with Crippen molar-refractivity contribution in [3.05, 3.63) is 82.9 Å². The maximum Gasteiger partial charge on any atom is 0.261 e. The van der Waals surface area contributed by atoms with Gasteiger partial charge in [-0.1, -0.05) is 24.3 Å². The lowest BCUT2D eigenvalue weighted by molar-refractivity contribution is 0.0585. The summed E-state index contributed by atoms with van der Waals surface area (Å²) in [6.07, 6.45) is 0.852. The van der Waals surface area contributed by atoms with E-state index in [2.05, 4.69) is 43.5 Å². The quantitative estimate of drug-likeness (QED) is 0.200. The fourth-order valence-electron chi connectivity index (χ4n) is 8.69. The molecule has 0 aliphatic carbocycles. The summed E-state index contributed by atoms with van der Waals surface area (Å²) in [4.78, 5) is 71.3. The second-order valence-electron chi connectivity index (χ2n) is 15.8. The predicted molar refractivity (Wildman–Crippen MR) is 218 cm³/mol. The van der Waals surface area contributed by atoms with Crippen LogP contribution >= 0.6 is 0 Å². The van der Waals surface area contributed by atoms with Crippen LogP contribution in [0.15, 0.2) is 60.7 Å². The summed E-state index contributed by atoms with van der Waals surface area (Å²) in [7, 11) is 8.28. The number of rotatable bonds is 12. The van der Waals surface area contributed by atoms with Crippen molar-refractivity contribution in [2.45, 2.75) is 6.42 Å². The number of benzene rings is 4. The van der Waals surface area contributed by atoms with E-state index in [1.807, 2.05) is 74.8 Å². The van der Waals surface area contributed by atoms with Gasteiger partial charge < -0.3 is 29.4 Å². The number of carbonyl (C=O) groups excluding carboxylic acids is 4. The Kier molecular flexibility index (Phi) is 10.3. The maximum absolute atomic E-state index is 13.7. The van der Waals surface area contributed by atoms with Crippen LogP contribution in [0.4, 0.5) is 11.4 Å². The van der Waals surface area contributed by atoms with Gasteiger partial charge in [0.15, 0.2) is 0 Å². The molecule has 0 atom stereocenters. The molecule has 4 amide bonds. The smallest absolute Gasteiger partial charge is 0.261 e. The van der Waals surface area contributed by atoms with Gasteiger partial charge in [0, 0.05) is 134 Å².